The molecule has 2 heterocycles. The van der Waals surface area contributed by atoms with Crippen molar-refractivity contribution in [3.05, 3.63) is 82.9 Å². The van der Waals surface area contributed by atoms with Gasteiger partial charge in [0, 0.05) is 29.9 Å². The third-order valence-electron chi connectivity index (χ3n) is 5.18. The van der Waals surface area contributed by atoms with Crippen LogP contribution in [0.3, 0.4) is 0 Å². The van der Waals surface area contributed by atoms with Gasteiger partial charge in [-0.1, -0.05) is 30.3 Å². The number of ether oxygens (including phenoxy) is 2. The van der Waals surface area contributed by atoms with E-state index in [1.807, 2.05) is 30.3 Å². The molecule has 0 radical (unpaired) electrons. The van der Waals surface area contributed by atoms with E-state index in [1.54, 1.807) is 18.2 Å². The molecule has 2 aromatic carbocycles. The molecule has 1 aliphatic heterocycles. The number of pyridine rings is 1. The van der Waals surface area contributed by atoms with Gasteiger partial charge in [0.2, 0.25) is 17.6 Å². The summed E-state index contributed by atoms with van der Waals surface area (Å²) in [6.45, 7) is 0.389. The Morgan fingerprint density at radius 3 is 2.45 bits per heavy atom. The highest BCUT2D eigenvalue weighted by atomic mass is 19.1. The number of fused-ring (bicyclic) bond motifs is 1. The molecule has 168 valence electrons. The van der Waals surface area contributed by atoms with E-state index in [0.717, 1.165) is 5.56 Å². The van der Waals surface area contributed by atoms with Gasteiger partial charge in [-0.3, -0.25) is 9.79 Å². The number of phenols is 1. The molecule has 1 amide bonds. The van der Waals surface area contributed by atoms with Crippen LogP contribution in [0.4, 0.5) is 4.39 Å². The van der Waals surface area contributed by atoms with Crippen LogP contribution in [0, 0.1) is 5.95 Å². The van der Waals surface area contributed by atoms with Gasteiger partial charge in [0.05, 0.1) is 32.0 Å². The van der Waals surface area contributed by atoms with E-state index in [4.69, 9.17) is 9.47 Å². The number of amides is 1. The summed E-state index contributed by atoms with van der Waals surface area (Å²) in [7, 11) is 2.88. The summed E-state index contributed by atoms with van der Waals surface area (Å²) in [5, 5.41) is 13.0. The Hall–Kier alpha value is -4.20. The van der Waals surface area contributed by atoms with Gasteiger partial charge in [0.25, 0.3) is 0 Å². The molecule has 0 bridgehead atoms. The molecule has 3 aromatic rings. The molecule has 1 aromatic heterocycles. The molecule has 0 unspecified atom stereocenters. The first-order valence-corrected chi connectivity index (χ1v) is 10.2. The number of aromatic hydroxyl groups is 1. The van der Waals surface area contributed by atoms with Gasteiger partial charge in [-0.05, 0) is 29.3 Å². The minimum Gasteiger partial charge on any atom is -0.502 e. The molecule has 2 N–H and O–H groups in total. The van der Waals surface area contributed by atoms with Gasteiger partial charge in [0.1, 0.15) is 0 Å². The number of hydrogen-bond acceptors (Lipinski definition) is 6. The Labute approximate surface area is 190 Å². The highest BCUT2D eigenvalue weighted by Crippen LogP contribution is 2.39. The minimum atomic E-state index is -0.652. The number of aromatic nitrogens is 1. The zero-order valence-corrected chi connectivity index (χ0v) is 18.1. The Bertz CT molecular complexity index is 1230. The number of halogens is 1. The van der Waals surface area contributed by atoms with Crippen molar-refractivity contribution in [3.8, 4) is 17.2 Å². The van der Waals surface area contributed by atoms with Crippen molar-refractivity contribution in [1.82, 2.24) is 10.3 Å². The number of phenolic OH excluding ortho intramolecular Hbond substituents is 1. The minimum absolute atomic E-state index is 0.0111. The van der Waals surface area contributed by atoms with E-state index < -0.39 is 5.95 Å². The maximum Gasteiger partial charge on any atom is 0.226 e. The van der Waals surface area contributed by atoms with Crippen LogP contribution in [-0.2, 0) is 11.3 Å². The van der Waals surface area contributed by atoms with E-state index in [2.05, 4.69) is 15.3 Å². The van der Waals surface area contributed by atoms with Crippen LogP contribution >= 0.6 is 0 Å². The number of methoxy groups -OCH3 is 2. The van der Waals surface area contributed by atoms with Crippen LogP contribution < -0.4 is 14.8 Å². The smallest absolute Gasteiger partial charge is 0.226 e. The summed E-state index contributed by atoms with van der Waals surface area (Å²) in [5.74, 6) is -0.519. The number of carbonyl (C=O) groups excluding carboxylic acids is 1. The van der Waals surface area contributed by atoms with Crippen molar-refractivity contribution in [1.29, 1.82) is 0 Å². The van der Waals surface area contributed by atoms with Crippen LogP contribution in [-0.4, -0.2) is 35.9 Å². The van der Waals surface area contributed by atoms with Crippen molar-refractivity contribution in [2.24, 2.45) is 4.99 Å². The maximum absolute atomic E-state index is 13.9. The van der Waals surface area contributed by atoms with Crippen molar-refractivity contribution >= 4 is 23.4 Å². The highest BCUT2D eigenvalue weighted by molar-refractivity contribution is 6.18. The van der Waals surface area contributed by atoms with Crippen molar-refractivity contribution in [2.45, 2.75) is 13.0 Å². The maximum atomic E-state index is 13.9. The van der Waals surface area contributed by atoms with Crippen LogP contribution in [0.25, 0.3) is 11.8 Å². The van der Waals surface area contributed by atoms with Gasteiger partial charge >= 0.3 is 0 Å². The summed E-state index contributed by atoms with van der Waals surface area (Å²) in [6, 6.07) is 14.1. The molecule has 8 heteroatoms. The van der Waals surface area contributed by atoms with Gasteiger partial charge in [-0.25, -0.2) is 4.98 Å². The predicted octanol–water partition coefficient (Wildman–Crippen LogP) is 3.95. The summed E-state index contributed by atoms with van der Waals surface area (Å²) >= 11 is 0. The average molecular weight is 447 g/mol. The third-order valence-corrected chi connectivity index (χ3v) is 5.18. The van der Waals surface area contributed by atoms with E-state index in [1.165, 1.54) is 26.5 Å². The first-order chi connectivity index (χ1) is 16.0. The predicted molar refractivity (Wildman–Crippen MR) is 123 cm³/mol. The molecular weight excluding hydrogens is 425 g/mol. The lowest BCUT2D eigenvalue weighted by molar-refractivity contribution is -0.120. The van der Waals surface area contributed by atoms with Crippen LogP contribution in [0.1, 0.15) is 28.7 Å². The molecule has 0 fully saturated rings. The number of rotatable bonds is 7. The number of benzene rings is 2. The Morgan fingerprint density at radius 1 is 1.09 bits per heavy atom. The van der Waals surface area contributed by atoms with E-state index >= 15 is 0 Å². The summed E-state index contributed by atoms with van der Waals surface area (Å²) in [5.41, 5.74) is 3.70. The average Bonchev–Trinajstić information content (AvgIpc) is 3.15. The fourth-order valence-corrected chi connectivity index (χ4v) is 3.55. The molecule has 4 rings (SSSR count). The van der Waals surface area contributed by atoms with E-state index in [0.29, 0.717) is 34.6 Å². The first kappa shape index (κ1) is 22.0. The summed E-state index contributed by atoms with van der Waals surface area (Å²) in [6.07, 6.45) is 3.12. The quantitative estimate of drug-likeness (QED) is 0.535. The molecule has 1 aliphatic rings. The Balaban J connectivity index is 1.63. The van der Waals surface area contributed by atoms with Gasteiger partial charge in [-0.2, -0.15) is 4.39 Å². The van der Waals surface area contributed by atoms with Gasteiger partial charge in [0.15, 0.2) is 11.5 Å². The van der Waals surface area contributed by atoms with Gasteiger partial charge < -0.3 is 19.9 Å². The second-order valence-corrected chi connectivity index (χ2v) is 7.35. The monoisotopic (exact) mass is 447 g/mol. The summed E-state index contributed by atoms with van der Waals surface area (Å²) < 4.78 is 24.3. The summed E-state index contributed by atoms with van der Waals surface area (Å²) in [4.78, 5) is 20.9. The lowest BCUT2D eigenvalue weighted by Crippen LogP contribution is -2.25. The Morgan fingerprint density at radius 2 is 1.79 bits per heavy atom. The van der Waals surface area contributed by atoms with Gasteiger partial charge in [-0.15, -0.1) is 0 Å². The van der Waals surface area contributed by atoms with Crippen LogP contribution in [0.5, 0.6) is 17.2 Å². The number of aliphatic imine (C=N–C) groups is 1. The number of carbonyl (C=O) groups is 1. The lowest BCUT2D eigenvalue weighted by Gasteiger charge is -2.09. The largest absolute Gasteiger partial charge is 0.502 e. The molecule has 0 spiro atoms. The zero-order chi connectivity index (χ0) is 23.4. The van der Waals surface area contributed by atoms with Crippen LogP contribution in [0.2, 0.25) is 0 Å². The molecule has 0 aliphatic carbocycles. The second kappa shape index (κ2) is 9.52. The SMILES string of the molecule is COc1cc(/C=C2/N=C(CC(=O)NCc3ccccc3)c3cc(F)ncc32)cc(OC)c1O. The van der Waals surface area contributed by atoms with Crippen molar-refractivity contribution in [2.75, 3.05) is 14.2 Å². The standard InChI is InChI=1S/C25H22FN3O4/c1-32-21-9-16(10-22(33-2)25(21)31)8-19-18-14-27-23(26)11-17(18)20(29-19)12-24(30)28-13-15-6-4-3-5-7-15/h3-11,14,31H,12-13H2,1-2H3,(H,28,30)/b19-8+. The Kier molecular flexibility index (Phi) is 6.35. The molecule has 0 atom stereocenters. The zero-order valence-electron chi connectivity index (χ0n) is 18.1. The number of nitrogens with one attached hydrogen (secondary N) is 1. The second-order valence-electron chi connectivity index (χ2n) is 7.35. The fraction of sp³-hybridized carbons (Fsp3) is 0.160. The molecule has 0 saturated heterocycles. The molecule has 0 saturated carbocycles. The van der Waals surface area contributed by atoms with E-state index in [-0.39, 0.29) is 29.6 Å². The topological polar surface area (TPSA) is 93.0 Å². The molecular formula is C25H22FN3O4. The van der Waals surface area contributed by atoms with E-state index in [9.17, 15) is 14.3 Å². The fourth-order valence-electron chi connectivity index (χ4n) is 3.55. The molecule has 7 nitrogen and oxygen atoms in total. The lowest BCUT2D eigenvalue weighted by atomic mass is 10.0. The normalized spacial score (nSPS) is 13.4. The molecule has 33 heavy (non-hydrogen) atoms. The van der Waals surface area contributed by atoms with Crippen molar-refractivity contribution < 1.29 is 23.8 Å². The number of hydrogen-bond donors (Lipinski definition) is 2. The first-order valence-electron chi connectivity index (χ1n) is 10.2. The third kappa shape index (κ3) is 4.85. The van der Waals surface area contributed by atoms with Crippen molar-refractivity contribution in [3.63, 3.8) is 0 Å². The highest BCUT2D eigenvalue weighted by Gasteiger charge is 2.24. The van der Waals surface area contributed by atoms with Crippen LogP contribution in [0.15, 0.2) is 59.7 Å². The number of nitrogens with zero attached hydrogens (tertiary/aromatic N) is 2.